The molecule has 0 saturated heterocycles. The van der Waals surface area contributed by atoms with Gasteiger partial charge in [0.1, 0.15) is 5.82 Å². The van der Waals surface area contributed by atoms with Crippen molar-refractivity contribution in [2.24, 2.45) is 0 Å². The number of rotatable bonds is 5. The highest BCUT2D eigenvalue weighted by Crippen LogP contribution is 2.18. The van der Waals surface area contributed by atoms with Gasteiger partial charge < -0.3 is 10.6 Å². The Morgan fingerprint density at radius 1 is 1.10 bits per heavy atom. The smallest absolute Gasteiger partial charge is 0.253 e. The SMILES string of the molecule is CNc1c(F)cccc1C(=O)NCCc1ccccc1. The minimum Gasteiger partial charge on any atom is -0.385 e. The zero-order chi connectivity index (χ0) is 14.4. The number of para-hydroxylation sites is 1. The molecular weight excluding hydrogens is 255 g/mol. The zero-order valence-corrected chi connectivity index (χ0v) is 11.3. The van der Waals surface area contributed by atoms with Crippen LogP contribution < -0.4 is 10.6 Å². The first-order valence-electron chi connectivity index (χ1n) is 6.50. The van der Waals surface area contributed by atoms with Gasteiger partial charge in [-0.1, -0.05) is 36.4 Å². The number of carbonyl (C=O) groups excluding carboxylic acids is 1. The molecular formula is C16H17FN2O. The highest BCUT2D eigenvalue weighted by Gasteiger charge is 2.13. The number of anilines is 1. The standard InChI is InChI=1S/C16H17FN2O/c1-18-15-13(8-5-9-14(15)17)16(20)19-11-10-12-6-3-2-4-7-12/h2-9,18H,10-11H2,1H3,(H,19,20). The van der Waals surface area contributed by atoms with Crippen LogP contribution in [0, 0.1) is 5.82 Å². The van der Waals surface area contributed by atoms with Crippen LogP contribution in [0.4, 0.5) is 10.1 Å². The predicted molar refractivity (Wildman–Crippen MR) is 78.4 cm³/mol. The lowest BCUT2D eigenvalue weighted by Gasteiger charge is -2.10. The Morgan fingerprint density at radius 3 is 2.55 bits per heavy atom. The van der Waals surface area contributed by atoms with Gasteiger partial charge in [0.15, 0.2) is 0 Å². The number of hydrogen-bond acceptors (Lipinski definition) is 2. The summed E-state index contributed by atoms with van der Waals surface area (Å²) in [7, 11) is 1.60. The maximum Gasteiger partial charge on any atom is 0.253 e. The molecule has 2 aromatic carbocycles. The molecule has 3 nitrogen and oxygen atoms in total. The van der Waals surface area contributed by atoms with Crippen molar-refractivity contribution >= 4 is 11.6 Å². The Hall–Kier alpha value is -2.36. The summed E-state index contributed by atoms with van der Waals surface area (Å²) in [5.74, 6) is -0.701. The molecule has 0 bridgehead atoms. The van der Waals surface area contributed by atoms with Crippen molar-refractivity contribution in [1.82, 2.24) is 5.32 Å². The van der Waals surface area contributed by atoms with E-state index >= 15 is 0 Å². The molecule has 2 N–H and O–H groups in total. The maximum atomic E-state index is 13.6. The van der Waals surface area contributed by atoms with Gasteiger partial charge in [-0.2, -0.15) is 0 Å². The third-order valence-electron chi connectivity index (χ3n) is 3.05. The van der Waals surface area contributed by atoms with Crippen molar-refractivity contribution in [3.8, 4) is 0 Å². The Morgan fingerprint density at radius 2 is 1.85 bits per heavy atom. The topological polar surface area (TPSA) is 41.1 Å². The Kier molecular flexibility index (Phi) is 4.71. The van der Waals surface area contributed by atoms with Gasteiger partial charge in [-0.3, -0.25) is 4.79 Å². The molecule has 1 amide bonds. The minimum atomic E-state index is -0.428. The van der Waals surface area contributed by atoms with Crippen LogP contribution in [0.1, 0.15) is 15.9 Å². The highest BCUT2D eigenvalue weighted by atomic mass is 19.1. The molecule has 2 aromatic rings. The second-order valence-corrected chi connectivity index (χ2v) is 4.40. The van der Waals surface area contributed by atoms with Crippen LogP contribution >= 0.6 is 0 Å². The second-order valence-electron chi connectivity index (χ2n) is 4.40. The van der Waals surface area contributed by atoms with E-state index in [2.05, 4.69) is 10.6 Å². The van der Waals surface area contributed by atoms with Gasteiger partial charge in [0, 0.05) is 13.6 Å². The van der Waals surface area contributed by atoms with Crippen LogP contribution in [0.2, 0.25) is 0 Å². The first kappa shape index (κ1) is 14.1. The molecule has 104 valence electrons. The summed E-state index contributed by atoms with van der Waals surface area (Å²) < 4.78 is 13.6. The molecule has 2 rings (SSSR count). The molecule has 0 fully saturated rings. The fraction of sp³-hybridized carbons (Fsp3) is 0.188. The minimum absolute atomic E-state index is 0.227. The summed E-state index contributed by atoms with van der Waals surface area (Å²) in [6, 6.07) is 14.3. The van der Waals surface area contributed by atoms with E-state index in [1.807, 2.05) is 30.3 Å². The van der Waals surface area contributed by atoms with Gasteiger partial charge in [-0.15, -0.1) is 0 Å². The molecule has 0 spiro atoms. The summed E-state index contributed by atoms with van der Waals surface area (Å²) in [5.41, 5.74) is 1.70. The van der Waals surface area contributed by atoms with Crippen molar-refractivity contribution in [2.75, 3.05) is 18.9 Å². The van der Waals surface area contributed by atoms with Gasteiger partial charge >= 0.3 is 0 Å². The number of amides is 1. The van der Waals surface area contributed by atoms with Gasteiger partial charge in [0.2, 0.25) is 0 Å². The molecule has 0 aliphatic rings. The van der Waals surface area contributed by atoms with E-state index in [0.717, 1.165) is 12.0 Å². The van der Waals surface area contributed by atoms with Crippen LogP contribution in [0.15, 0.2) is 48.5 Å². The molecule has 0 aromatic heterocycles. The number of hydrogen-bond donors (Lipinski definition) is 2. The van der Waals surface area contributed by atoms with Gasteiger partial charge in [-0.25, -0.2) is 4.39 Å². The summed E-state index contributed by atoms with van der Waals surface area (Å²) in [5, 5.41) is 5.52. The average molecular weight is 272 g/mol. The second kappa shape index (κ2) is 6.70. The largest absolute Gasteiger partial charge is 0.385 e. The van der Waals surface area contributed by atoms with Crippen molar-refractivity contribution in [1.29, 1.82) is 0 Å². The van der Waals surface area contributed by atoms with E-state index < -0.39 is 5.82 Å². The molecule has 0 atom stereocenters. The number of nitrogens with one attached hydrogen (secondary N) is 2. The summed E-state index contributed by atoms with van der Waals surface area (Å²) >= 11 is 0. The Balaban J connectivity index is 1.97. The Bertz CT molecular complexity index is 584. The highest BCUT2D eigenvalue weighted by molar-refractivity contribution is 5.99. The Labute approximate surface area is 117 Å². The van der Waals surface area contributed by atoms with Crippen LogP contribution in [0.3, 0.4) is 0 Å². The monoisotopic (exact) mass is 272 g/mol. The molecule has 0 aliphatic carbocycles. The van der Waals surface area contributed by atoms with Crippen molar-refractivity contribution in [3.63, 3.8) is 0 Å². The fourth-order valence-corrected chi connectivity index (χ4v) is 2.03. The summed E-state index contributed by atoms with van der Waals surface area (Å²) in [6.45, 7) is 0.516. The van der Waals surface area contributed by atoms with Crippen molar-refractivity contribution in [3.05, 3.63) is 65.5 Å². The third-order valence-corrected chi connectivity index (χ3v) is 3.05. The number of carbonyl (C=O) groups is 1. The van der Waals surface area contributed by atoms with Gasteiger partial charge in [-0.05, 0) is 24.1 Å². The molecule has 4 heteroatoms. The van der Waals surface area contributed by atoms with E-state index in [1.165, 1.54) is 12.1 Å². The molecule has 0 aliphatic heterocycles. The van der Waals surface area contributed by atoms with E-state index in [0.29, 0.717) is 12.1 Å². The summed E-state index contributed by atoms with van der Waals surface area (Å²) in [4.78, 5) is 12.0. The number of benzene rings is 2. The van der Waals surface area contributed by atoms with Gasteiger partial charge in [0.05, 0.1) is 11.3 Å². The normalized spacial score (nSPS) is 10.1. The molecule has 0 radical (unpaired) electrons. The fourth-order valence-electron chi connectivity index (χ4n) is 2.03. The van der Waals surface area contributed by atoms with Crippen LogP contribution in [0.5, 0.6) is 0 Å². The number of halogens is 1. The quantitative estimate of drug-likeness (QED) is 0.878. The lowest BCUT2D eigenvalue weighted by Crippen LogP contribution is -2.26. The van der Waals surface area contributed by atoms with E-state index in [1.54, 1.807) is 13.1 Å². The molecule has 0 heterocycles. The van der Waals surface area contributed by atoms with Crippen molar-refractivity contribution in [2.45, 2.75) is 6.42 Å². The third kappa shape index (κ3) is 3.35. The average Bonchev–Trinajstić information content (AvgIpc) is 2.48. The first-order valence-corrected chi connectivity index (χ1v) is 6.50. The first-order chi connectivity index (χ1) is 9.72. The maximum absolute atomic E-state index is 13.6. The predicted octanol–water partition coefficient (Wildman–Crippen LogP) is 2.84. The zero-order valence-electron chi connectivity index (χ0n) is 11.3. The van der Waals surface area contributed by atoms with Crippen LogP contribution in [-0.4, -0.2) is 19.5 Å². The van der Waals surface area contributed by atoms with Crippen molar-refractivity contribution < 1.29 is 9.18 Å². The lowest BCUT2D eigenvalue weighted by molar-refractivity contribution is 0.0954. The van der Waals surface area contributed by atoms with E-state index in [4.69, 9.17) is 0 Å². The van der Waals surface area contributed by atoms with Gasteiger partial charge in [0.25, 0.3) is 5.91 Å². The molecule has 0 unspecified atom stereocenters. The molecule has 0 saturated carbocycles. The molecule has 20 heavy (non-hydrogen) atoms. The van der Waals surface area contributed by atoms with E-state index in [9.17, 15) is 9.18 Å². The van der Waals surface area contributed by atoms with Crippen LogP contribution in [-0.2, 0) is 6.42 Å². The lowest BCUT2D eigenvalue weighted by atomic mass is 10.1. The van der Waals surface area contributed by atoms with Crippen LogP contribution in [0.25, 0.3) is 0 Å². The van der Waals surface area contributed by atoms with E-state index in [-0.39, 0.29) is 11.6 Å². The summed E-state index contributed by atoms with van der Waals surface area (Å²) in [6.07, 6.45) is 0.747.